The maximum absolute atomic E-state index is 12.3. The third-order valence-electron chi connectivity index (χ3n) is 4.16. The van der Waals surface area contributed by atoms with E-state index in [-0.39, 0.29) is 16.9 Å². The molecule has 2 amide bonds. The van der Waals surface area contributed by atoms with E-state index < -0.39 is 0 Å². The van der Waals surface area contributed by atoms with Gasteiger partial charge in [0.05, 0.1) is 0 Å². The minimum atomic E-state index is -0.359. The van der Waals surface area contributed by atoms with E-state index in [1.165, 1.54) is 0 Å². The Balaban J connectivity index is 1.55. The van der Waals surface area contributed by atoms with Crippen molar-refractivity contribution >= 4 is 29.1 Å². The zero-order valence-corrected chi connectivity index (χ0v) is 16.0. The minimum Gasteiger partial charge on any atom is -0.298 e. The Hall–Kier alpha value is -3.51. The molecule has 0 saturated carbocycles. The van der Waals surface area contributed by atoms with E-state index in [1.807, 2.05) is 61.5 Å². The molecule has 3 aromatic rings. The van der Waals surface area contributed by atoms with Crippen molar-refractivity contribution in [2.75, 3.05) is 0 Å². The second-order valence-corrected chi connectivity index (χ2v) is 6.53. The summed E-state index contributed by atoms with van der Waals surface area (Å²) < 4.78 is 0. The van der Waals surface area contributed by atoms with Gasteiger partial charge in [-0.1, -0.05) is 60.7 Å². The van der Waals surface area contributed by atoms with Crippen LogP contribution in [0.2, 0.25) is 0 Å². The minimum absolute atomic E-state index is 0.0130. The van der Waals surface area contributed by atoms with E-state index in [1.54, 1.807) is 24.3 Å². The monoisotopic (exact) mass is 389 g/mol. The van der Waals surface area contributed by atoms with Crippen LogP contribution in [0.5, 0.6) is 0 Å². The van der Waals surface area contributed by atoms with E-state index in [9.17, 15) is 9.59 Å². The van der Waals surface area contributed by atoms with Crippen molar-refractivity contribution in [3.8, 4) is 11.1 Å². The molecule has 0 bridgehead atoms. The molecule has 3 aromatic carbocycles. The Morgan fingerprint density at radius 1 is 0.714 bits per heavy atom. The van der Waals surface area contributed by atoms with Crippen molar-refractivity contribution in [2.45, 2.75) is 6.92 Å². The Bertz CT molecular complexity index is 1000. The smallest absolute Gasteiger partial charge is 0.269 e. The highest BCUT2D eigenvalue weighted by atomic mass is 32.1. The number of hydrogen-bond acceptors (Lipinski definition) is 3. The van der Waals surface area contributed by atoms with Gasteiger partial charge in [-0.3, -0.25) is 25.8 Å². The molecule has 28 heavy (non-hydrogen) atoms. The second kappa shape index (κ2) is 8.92. The number of hydrogen-bond donors (Lipinski definition) is 3. The summed E-state index contributed by atoms with van der Waals surface area (Å²) in [6.45, 7) is 1.84. The molecule has 0 fully saturated rings. The quantitative estimate of drug-likeness (QED) is 0.473. The van der Waals surface area contributed by atoms with Gasteiger partial charge in [0.25, 0.3) is 11.8 Å². The first-order chi connectivity index (χ1) is 13.5. The largest absolute Gasteiger partial charge is 0.298 e. The Morgan fingerprint density at radius 3 is 2.00 bits per heavy atom. The molecule has 0 spiro atoms. The predicted octanol–water partition coefficient (Wildman–Crippen LogP) is 3.61. The lowest BCUT2D eigenvalue weighted by atomic mass is 10.0. The SMILES string of the molecule is Cc1ccccc1C(=O)NNC(=S)NC(=O)c1ccc(-c2ccccc2)cc1. The fraction of sp³-hybridized carbons (Fsp3) is 0.0455. The molecule has 0 radical (unpaired) electrons. The molecule has 0 atom stereocenters. The highest BCUT2D eigenvalue weighted by Gasteiger charge is 2.11. The van der Waals surface area contributed by atoms with E-state index in [0.29, 0.717) is 11.1 Å². The molecule has 0 aliphatic rings. The van der Waals surface area contributed by atoms with Gasteiger partial charge < -0.3 is 0 Å². The number of amides is 2. The molecular formula is C22H19N3O2S. The lowest BCUT2D eigenvalue weighted by molar-refractivity contribution is 0.0934. The van der Waals surface area contributed by atoms with Crippen LogP contribution in [0, 0.1) is 6.92 Å². The number of rotatable bonds is 3. The van der Waals surface area contributed by atoms with Gasteiger partial charge in [-0.15, -0.1) is 0 Å². The van der Waals surface area contributed by atoms with Crippen LogP contribution in [0.3, 0.4) is 0 Å². The third-order valence-corrected chi connectivity index (χ3v) is 4.36. The molecule has 0 aliphatic heterocycles. The van der Waals surface area contributed by atoms with Crippen LogP contribution in [-0.4, -0.2) is 16.9 Å². The maximum atomic E-state index is 12.3. The van der Waals surface area contributed by atoms with Crippen LogP contribution < -0.4 is 16.2 Å². The molecule has 3 rings (SSSR count). The van der Waals surface area contributed by atoms with Crippen LogP contribution >= 0.6 is 12.2 Å². The number of aryl methyl sites for hydroxylation is 1. The summed E-state index contributed by atoms with van der Waals surface area (Å²) in [5.41, 5.74) is 8.96. The van der Waals surface area contributed by atoms with E-state index >= 15 is 0 Å². The highest BCUT2D eigenvalue weighted by Crippen LogP contribution is 2.19. The molecule has 3 N–H and O–H groups in total. The average Bonchev–Trinajstić information content (AvgIpc) is 2.73. The normalized spacial score (nSPS) is 10.0. The van der Waals surface area contributed by atoms with Crippen LogP contribution in [0.15, 0.2) is 78.9 Å². The molecule has 6 heteroatoms. The zero-order chi connectivity index (χ0) is 19.9. The van der Waals surface area contributed by atoms with Crippen molar-refractivity contribution < 1.29 is 9.59 Å². The molecular weight excluding hydrogens is 370 g/mol. The fourth-order valence-electron chi connectivity index (χ4n) is 2.66. The summed E-state index contributed by atoms with van der Waals surface area (Å²) in [5, 5.41) is 2.56. The molecule has 0 aromatic heterocycles. The van der Waals surface area contributed by atoms with E-state index in [4.69, 9.17) is 12.2 Å². The molecule has 0 heterocycles. The fourth-order valence-corrected chi connectivity index (χ4v) is 2.80. The topological polar surface area (TPSA) is 70.2 Å². The Kier molecular flexibility index (Phi) is 6.14. The zero-order valence-electron chi connectivity index (χ0n) is 15.2. The number of benzene rings is 3. The van der Waals surface area contributed by atoms with Crippen LogP contribution in [0.4, 0.5) is 0 Å². The van der Waals surface area contributed by atoms with Gasteiger partial charge >= 0.3 is 0 Å². The first kappa shape index (κ1) is 19.3. The van der Waals surface area contributed by atoms with E-state index in [0.717, 1.165) is 16.7 Å². The standard InChI is InChI=1S/C22H19N3O2S/c1-15-7-5-6-10-19(15)21(27)24-25-22(28)23-20(26)18-13-11-17(12-14-18)16-8-3-2-4-9-16/h2-14H,1H3,(H,24,27)(H2,23,25,26,28). The Labute approximate surface area is 168 Å². The van der Waals surface area contributed by atoms with Gasteiger partial charge in [-0.05, 0) is 54.0 Å². The summed E-state index contributed by atoms with van der Waals surface area (Å²) >= 11 is 5.08. The van der Waals surface area contributed by atoms with Crippen molar-refractivity contribution in [2.24, 2.45) is 0 Å². The van der Waals surface area contributed by atoms with Gasteiger partial charge in [0.15, 0.2) is 5.11 Å². The second-order valence-electron chi connectivity index (χ2n) is 6.12. The average molecular weight is 389 g/mol. The van der Waals surface area contributed by atoms with Crippen molar-refractivity contribution in [3.63, 3.8) is 0 Å². The number of hydrazine groups is 1. The molecule has 0 unspecified atom stereocenters. The van der Waals surface area contributed by atoms with Crippen molar-refractivity contribution in [3.05, 3.63) is 95.6 Å². The number of nitrogens with one attached hydrogen (secondary N) is 3. The number of carbonyl (C=O) groups excluding carboxylic acids is 2. The van der Waals surface area contributed by atoms with Crippen LogP contribution in [-0.2, 0) is 0 Å². The van der Waals surface area contributed by atoms with Gasteiger partial charge in [0, 0.05) is 11.1 Å². The predicted molar refractivity (Wildman–Crippen MR) is 114 cm³/mol. The summed E-state index contributed by atoms with van der Waals surface area (Å²) in [5.74, 6) is -0.691. The summed E-state index contributed by atoms with van der Waals surface area (Å²) in [6, 6.07) is 24.3. The van der Waals surface area contributed by atoms with Gasteiger partial charge in [0.2, 0.25) is 0 Å². The van der Waals surface area contributed by atoms with Gasteiger partial charge in [-0.2, -0.15) is 0 Å². The molecule has 140 valence electrons. The number of thiocarbonyl (C=S) groups is 1. The van der Waals surface area contributed by atoms with E-state index in [2.05, 4.69) is 16.2 Å². The molecule has 0 aliphatic carbocycles. The third kappa shape index (κ3) is 4.81. The maximum Gasteiger partial charge on any atom is 0.269 e. The first-order valence-electron chi connectivity index (χ1n) is 8.67. The molecule has 5 nitrogen and oxygen atoms in total. The highest BCUT2D eigenvalue weighted by molar-refractivity contribution is 7.80. The van der Waals surface area contributed by atoms with Gasteiger partial charge in [-0.25, -0.2) is 0 Å². The summed E-state index contributed by atoms with van der Waals surface area (Å²) in [7, 11) is 0. The Morgan fingerprint density at radius 2 is 1.32 bits per heavy atom. The van der Waals surface area contributed by atoms with Crippen LogP contribution in [0.1, 0.15) is 26.3 Å². The lowest BCUT2D eigenvalue weighted by Gasteiger charge is -2.12. The van der Waals surface area contributed by atoms with Crippen LogP contribution in [0.25, 0.3) is 11.1 Å². The van der Waals surface area contributed by atoms with Crippen molar-refractivity contribution in [1.82, 2.24) is 16.2 Å². The molecule has 0 saturated heterocycles. The first-order valence-corrected chi connectivity index (χ1v) is 9.08. The van der Waals surface area contributed by atoms with Gasteiger partial charge in [0.1, 0.15) is 0 Å². The summed E-state index contributed by atoms with van der Waals surface area (Å²) in [6.07, 6.45) is 0. The van der Waals surface area contributed by atoms with Crippen molar-refractivity contribution in [1.29, 1.82) is 0 Å². The number of carbonyl (C=O) groups is 2. The lowest BCUT2D eigenvalue weighted by Crippen LogP contribution is -2.48. The summed E-state index contributed by atoms with van der Waals surface area (Å²) in [4.78, 5) is 24.5.